The number of benzene rings is 4. The second-order valence-electron chi connectivity index (χ2n) is 9.49. The summed E-state index contributed by atoms with van der Waals surface area (Å²) in [5.74, 6) is -0.0104. The van der Waals surface area contributed by atoms with Crippen LogP contribution in [-0.4, -0.2) is 35.9 Å². The van der Waals surface area contributed by atoms with Crippen molar-refractivity contribution in [3.8, 4) is 5.75 Å². The number of carbonyl (C=O) groups is 2. The van der Waals surface area contributed by atoms with E-state index < -0.39 is 6.04 Å². The smallest absolute Gasteiger partial charge is 0.261 e. The molecule has 4 aromatic rings. The van der Waals surface area contributed by atoms with Gasteiger partial charge >= 0.3 is 0 Å². The summed E-state index contributed by atoms with van der Waals surface area (Å²) in [6, 6.07) is 25.7. The van der Waals surface area contributed by atoms with Gasteiger partial charge in [-0.05, 0) is 62.4 Å². The largest absolute Gasteiger partial charge is 0.483 e. The van der Waals surface area contributed by atoms with Gasteiger partial charge in [-0.2, -0.15) is 0 Å². The van der Waals surface area contributed by atoms with Gasteiger partial charge in [-0.1, -0.05) is 103 Å². The van der Waals surface area contributed by atoms with E-state index in [1.165, 1.54) is 0 Å². The van der Waals surface area contributed by atoms with Crippen LogP contribution in [0.2, 0.25) is 10.0 Å². The summed E-state index contributed by atoms with van der Waals surface area (Å²) in [5.41, 5.74) is 1.63. The number of ether oxygens (including phenoxy) is 1. The SMILES string of the molecule is CCCCNC(=O)C(Cc1ccccc1)N(Cc1ccc(Cl)cc1Cl)C(=O)COc1ccc2ccccc2c1Br. The molecule has 0 saturated heterocycles. The average molecular weight is 642 g/mol. The van der Waals surface area contributed by atoms with E-state index >= 15 is 0 Å². The van der Waals surface area contributed by atoms with E-state index in [1.54, 1.807) is 23.1 Å². The number of hydrogen-bond acceptors (Lipinski definition) is 3. The summed E-state index contributed by atoms with van der Waals surface area (Å²) in [4.78, 5) is 29.0. The standard InChI is InChI=1S/C32H31BrCl2N2O3/c1-2-3-17-36-32(39)28(18-22-9-5-4-6-10-22)37(20-24-13-15-25(34)19-27(24)35)30(38)21-40-29-16-14-23-11-7-8-12-26(23)31(29)33/h4-16,19,28H,2-3,17-18,20-21H2,1H3,(H,36,39). The molecule has 1 N–H and O–H groups in total. The Bertz CT molecular complexity index is 1470. The molecule has 4 aromatic carbocycles. The van der Waals surface area contributed by atoms with Crippen LogP contribution in [0.5, 0.6) is 5.75 Å². The number of amides is 2. The topological polar surface area (TPSA) is 58.6 Å². The number of halogens is 3. The molecule has 4 rings (SSSR count). The van der Waals surface area contributed by atoms with Crippen LogP contribution in [0.3, 0.4) is 0 Å². The zero-order chi connectivity index (χ0) is 28.5. The molecule has 0 fully saturated rings. The highest BCUT2D eigenvalue weighted by atomic mass is 79.9. The quantitative estimate of drug-likeness (QED) is 0.160. The first kappa shape index (κ1) is 29.9. The minimum atomic E-state index is -0.776. The Labute approximate surface area is 253 Å². The summed E-state index contributed by atoms with van der Waals surface area (Å²) in [7, 11) is 0. The van der Waals surface area contributed by atoms with E-state index in [1.807, 2.05) is 66.7 Å². The van der Waals surface area contributed by atoms with E-state index in [4.69, 9.17) is 27.9 Å². The zero-order valence-corrected chi connectivity index (χ0v) is 25.3. The number of fused-ring (bicyclic) bond motifs is 1. The number of rotatable bonds is 12. The lowest BCUT2D eigenvalue weighted by molar-refractivity contribution is -0.142. The van der Waals surface area contributed by atoms with Crippen LogP contribution >= 0.6 is 39.1 Å². The van der Waals surface area contributed by atoms with Gasteiger partial charge < -0.3 is 15.0 Å². The van der Waals surface area contributed by atoms with Crippen molar-refractivity contribution in [3.05, 3.63) is 111 Å². The van der Waals surface area contributed by atoms with Crippen LogP contribution in [0.4, 0.5) is 0 Å². The molecule has 208 valence electrons. The normalized spacial score (nSPS) is 11.7. The molecule has 8 heteroatoms. The Hall–Kier alpha value is -3.06. The van der Waals surface area contributed by atoms with Crippen LogP contribution in [0.15, 0.2) is 89.4 Å². The van der Waals surface area contributed by atoms with Gasteiger partial charge in [0.05, 0.1) is 4.47 Å². The lowest BCUT2D eigenvalue weighted by atomic mass is 10.0. The van der Waals surface area contributed by atoms with E-state index in [0.717, 1.165) is 33.7 Å². The fourth-order valence-electron chi connectivity index (χ4n) is 4.44. The van der Waals surface area contributed by atoms with Crippen molar-refractivity contribution in [3.63, 3.8) is 0 Å². The van der Waals surface area contributed by atoms with E-state index in [0.29, 0.717) is 34.3 Å². The predicted octanol–water partition coefficient (Wildman–Crippen LogP) is 7.84. The lowest BCUT2D eigenvalue weighted by Crippen LogP contribution is -2.51. The van der Waals surface area contributed by atoms with Gasteiger partial charge in [-0.15, -0.1) is 0 Å². The molecule has 0 aromatic heterocycles. The molecule has 1 unspecified atom stereocenters. The summed E-state index contributed by atoms with van der Waals surface area (Å²) in [6.45, 7) is 2.46. The van der Waals surface area contributed by atoms with Crippen LogP contribution in [-0.2, 0) is 22.6 Å². The van der Waals surface area contributed by atoms with Crippen LogP contribution in [0, 0.1) is 0 Å². The van der Waals surface area contributed by atoms with Crippen molar-refractivity contribution in [1.82, 2.24) is 10.2 Å². The molecule has 0 radical (unpaired) electrons. The molecule has 2 amide bonds. The van der Waals surface area contributed by atoms with Gasteiger partial charge in [-0.3, -0.25) is 9.59 Å². The minimum absolute atomic E-state index is 0.121. The second-order valence-corrected chi connectivity index (χ2v) is 11.1. The molecule has 0 aliphatic rings. The number of carbonyl (C=O) groups excluding carboxylic acids is 2. The van der Waals surface area contributed by atoms with Crippen LogP contribution in [0.25, 0.3) is 10.8 Å². The number of unbranched alkanes of at least 4 members (excludes halogenated alkanes) is 1. The molecule has 0 spiro atoms. The van der Waals surface area contributed by atoms with Gasteiger partial charge in [0.1, 0.15) is 11.8 Å². The molecular weight excluding hydrogens is 611 g/mol. The van der Waals surface area contributed by atoms with Crippen molar-refractivity contribution < 1.29 is 14.3 Å². The highest BCUT2D eigenvalue weighted by Gasteiger charge is 2.31. The number of hydrogen-bond donors (Lipinski definition) is 1. The summed E-state index contributed by atoms with van der Waals surface area (Å²) in [6.07, 6.45) is 2.14. The molecular formula is C32H31BrCl2N2O3. The zero-order valence-electron chi connectivity index (χ0n) is 22.2. The first-order valence-electron chi connectivity index (χ1n) is 13.2. The maximum absolute atomic E-state index is 13.9. The third-order valence-electron chi connectivity index (χ3n) is 6.64. The van der Waals surface area contributed by atoms with Gasteiger partial charge in [0, 0.05) is 29.6 Å². The monoisotopic (exact) mass is 640 g/mol. The Kier molecular flexibility index (Phi) is 10.9. The molecule has 0 bridgehead atoms. The third-order valence-corrected chi connectivity index (χ3v) is 8.04. The predicted molar refractivity (Wildman–Crippen MR) is 166 cm³/mol. The Morgan fingerprint density at radius 3 is 2.48 bits per heavy atom. The summed E-state index contributed by atoms with van der Waals surface area (Å²) < 4.78 is 6.80. The van der Waals surface area contributed by atoms with Crippen LogP contribution < -0.4 is 10.1 Å². The number of nitrogens with one attached hydrogen (secondary N) is 1. The summed E-state index contributed by atoms with van der Waals surface area (Å²) in [5, 5.41) is 5.97. The lowest BCUT2D eigenvalue weighted by Gasteiger charge is -2.32. The van der Waals surface area contributed by atoms with Crippen LogP contribution in [0.1, 0.15) is 30.9 Å². The van der Waals surface area contributed by atoms with Crippen molar-refractivity contribution in [2.75, 3.05) is 13.2 Å². The fourth-order valence-corrected chi connectivity index (χ4v) is 5.52. The van der Waals surface area contributed by atoms with Gasteiger partial charge in [-0.25, -0.2) is 0 Å². The second kappa shape index (κ2) is 14.5. The minimum Gasteiger partial charge on any atom is -0.483 e. The molecule has 40 heavy (non-hydrogen) atoms. The van der Waals surface area contributed by atoms with Crippen molar-refractivity contribution in [2.24, 2.45) is 0 Å². The molecule has 0 aliphatic heterocycles. The van der Waals surface area contributed by atoms with Gasteiger partial charge in [0.15, 0.2) is 6.61 Å². The molecule has 0 heterocycles. The maximum Gasteiger partial charge on any atom is 0.261 e. The fraction of sp³-hybridized carbons (Fsp3) is 0.250. The average Bonchev–Trinajstić information content (AvgIpc) is 2.96. The molecule has 5 nitrogen and oxygen atoms in total. The Morgan fingerprint density at radius 2 is 1.73 bits per heavy atom. The van der Waals surface area contributed by atoms with E-state index in [-0.39, 0.29) is 25.0 Å². The highest BCUT2D eigenvalue weighted by Crippen LogP contribution is 2.33. The van der Waals surface area contributed by atoms with E-state index in [9.17, 15) is 9.59 Å². The van der Waals surface area contributed by atoms with Crippen molar-refractivity contribution >= 4 is 61.7 Å². The van der Waals surface area contributed by atoms with Gasteiger partial charge in [0.25, 0.3) is 5.91 Å². The Balaban J connectivity index is 1.64. The van der Waals surface area contributed by atoms with Gasteiger partial charge in [0.2, 0.25) is 5.91 Å². The van der Waals surface area contributed by atoms with E-state index in [2.05, 4.69) is 28.2 Å². The highest BCUT2D eigenvalue weighted by molar-refractivity contribution is 9.10. The number of nitrogens with zero attached hydrogens (tertiary/aromatic N) is 1. The third kappa shape index (κ3) is 7.78. The maximum atomic E-state index is 13.9. The van der Waals surface area contributed by atoms with Crippen molar-refractivity contribution in [1.29, 1.82) is 0 Å². The molecule has 0 aliphatic carbocycles. The Morgan fingerprint density at radius 1 is 0.975 bits per heavy atom. The molecule has 1 atom stereocenters. The first-order valence-corrected chi connectivity index (χ1v) is 14.8. The summed E-state index contributed by atoms with van der Waals surface area (Å²) >= 11 is 16.3. The first-order chi connectivity index (χ1) is 19.4. The van der Waals surface area contributed by atoms with Crippen molar-refractivity contribution in [2.45, 2.75) is 38.8 Å². The molecule has 0 saturated carbocycles.